The first-order valence-corrected chi connectivity index (χ1v) is 20.3. The van der Waals surface area contributed by atoms with Crippen molar-refractivity contribution < 1.29 is 0 Å². The van der Waals surface area contributed by atoms with Gasteiger partial charge in [-0.15, -0.1) is 0 Å². The van der Waals surface area contributed by atoms with Crippen LogP contribution >= 0.6 is 5.78 Å². The lowest BCUT2D eigenvalue weighted by Crippen LogP contribution is -2.51. The Hall–Kier alpha value is 1.15. The summed E-state index contributed by atoms with van der Waals surface area (Å²) in [6, 6.07) is 0. The molecule has 0 bridgehead atoms. The van der Waals surface area contributed by atoms with E-state index in [1.54, 1.807) is 0 Å². The summed E-state index contributed by atoms with van der Waals surface area (Å²) >= 11 is 0. The van der Waals surface area contributed by atoms with Gasteiger partial charge >= 0.3 is 0 Å². The van der Waals surface area contributed by atoms with Crippen molar-refractivity contribution in [3.8, 4) is 0 Å². The third kappa shape index (κ3) is 2.45. The Labute approximate surface area is 95.5 Å². The highest BCUT2D eigenvalue weighted by Gasteiger charge is 2.52. The molecule has 0 amide bonds. The minimum atomic E-state index is -1.17. The van der Waals surface area contributed by atoms with E-state index in [0.29, 0.717) is 0 Å². The smallest absolute Gasteiger partial charge is 0.146 e. The van der Waals surface area contributed by atoms with Crippen molar-refractivity contribution in [2.75, 3.05) is 0 Å². The van der Waals surface area contributed by atoms with Gasteiger partial charge in [-0.3, -0.25) is 0 Å². The summed E-state index contributed by atoms with van der Waals surface area (Å²) in [5.41, 5.74) is 0. The maximum absolute atomic E-state index is 7.03. The summed E-state index contributed by atoms with van der Waals surface area (Å²) < 4.78 is 0. The van der Waals surface area contributed by atoms with Gasteiger partial charge in [0.15, 0.2) is 0 Å². The summed E-state index contributed by atoms with van der Waals surface area (Å²) in [7, 11) is 3.52. The van der Waals surface area contributed by atoms with Crippen LogP contribution < -0.4 is 0 Å². The van der Waals surface area contributed by atoms with Crippen molar-refractivity contribution in [2.24, 2.45) is 0 Å². The lowest BCUT2D eigenvalue weighted by molar-refractivity contribution is 1.80. The van der Waals surface area contributed by atoms with E-state index in [0.717, 1.165) is 0 Å². The monoisotopic (exact) mass is 261 g/mol. The van der Waals surface area contributed by atoms with Gasteiger partial charge in [-0.25, -0.2) is 0 Å². The summed E-state index contributed by atoms with van der Waals surface area (Å²) in [6.07, 6.45) is 0. The normalized spacial score (nSPS) is 15.9. The molecule has 14 heavy (non-hydrogen) atoms. The summed E-state index contributed by atoms with van der Waals surface area (Å²) in [5.74, 6) is -1.10. The van der Waals surface area contributed by atoms with Crippen molar-refractivity contribution in [3.05, 3.63) is 0 Å². The van der Waals surface area contributed by atoms with Crippen LogP contribution in [0.2, 0.25) is 58.9 Å². The van der Waals surface area contributed by atoms with E-state index in [2.05, 4.69) is 58.9 Å². The number of hydrogen-bond donors (Lipinski definition) is 0. The van der Waals surface area contributed by atoms with Gasteiger partial charge < -0.3 is 13.4 Å². The van der Waals surface area contributed by atoms with Gasteiger partial charge in [-0.05, 0) is 58.9 Å². The second-order valence-electron chi connectivity index (χ2n) is 7.24. The molecule has 0 saturated carbocycles. The highest BCUT2D eigenvalue weighted by Crippen LogP contribution is 2.74. The van der Waals surface area contributed by atoms with Gasteiger partial charge in [0.05, 0.1) is 0 Å². The van der Waals surface area contributed by atoms with Crippen LogP contribution in [0.1, 0.15) is 0 Å². The second kappa shape index (κ2) is 3.87. The molecule has 0 aromatic rings. The molecule has 0 unspecified atom stereocenters. The van der Waals surface area contributed by atoms with E-state index >= 15 is 0 Å². The first-order chi connectivity index (χ1) is 5.75. The molecule has 3 radical (unpaired) electrons. The Bertz CT molecular complexity index is 174. The van der Waals surface area contributed by atoms with Crippen molar-refractivity contribution in [2.45, 2.75) is 58.9 Å². The summed E-state index contributed by atoms with van der Waals surface area (Å²) in [5, 5.41) is 0. The van der Waals surface area contributed by atoms with Crippen molar-refractivity contribution >= 4 is 36.6 Å². The average Bonchev–Trinajstić information content (AvgIpc) is 1.77. The maximum atomic E-state index is 7.03. The zero-order chi connectivity index (χ0) is 12.0. The van der Waals surface area contributed by atoms with Crippen molar-refractivity contribution in [1.29, 1.82) is 0 Å². The summed E-state index contributed by atoms with van der Waals surface area (Å²) in [6.45, 7) is 22.5. The fourth-order valence-electron chi connectivity index (χ4n) is 3.02. The Morgan fingerprint density at radius 1 is 0.571 bits per heavy atom. The van der Waals surface area contributed by atoms with Crippen LogP contribution in [0.4, 0.5) is 0 Å². The molecular formula is C9H27BPSi3. The molecule has 83 valence electrons. The van der Waals surface area contributed by atoms with Gasteiger partial charge in [0.1, 0.15) is 23.2 Å². The molecule has 0 heterocycles. The van der Waals surface area contributed by atoms with E-state index in [1.807, 2.05) is 0 Å². The zero-order valence-corrected chi connectivity index (χ0v) is 15.4. The summed E-state index contributed by atoms with van der Waals surface area (Å²) in [4.78, 5) is 0. The van der Waals surface area contributed by atoms with Crippen LogP contribution in [-0.2, 0) is 0 Å². The van der Waals surface area contributed by atoms with Crippen molar-refractivity contribution in [3.63, 3.8) is 0 Å². The highest BCUT2D eigenvalue weighted by atomic mass is 31.9. The van der Waals surface area contributed by atoms with E-state index in [-0.39, 0.29) is 0 Å². The Balaban J connectivity index is 5.54. The average molecular weight is 261 g/mol. The molecule has 0 aliphatic heterocycles. The molecule has 0 rings (SSSR count). The van der Waals surface area contributed by atoms with E-state index < -0.39 is 29.0 Å². The molecule has 0 aliphatic rings. The standard InChI is InChI=1S/C9H27BPSi3/c1-12(2,3)11(10,13(4,5)6)14(7,8)9/h1-9H3. The highest BCUT2D eigenvalue weighted by molar-refractivity contribution is 8.58. The lowest BCUT2D eigenvalue weighted by atomic mass is 10.8. The maximum Gasteiger partial charge on any atom is 0.146 e. The Morgan fingerprint density at radius 2 is 0.714 bits per heavy atom. The molecule has 0 N–H and O–H groups in total. The van der Waals surface area contributed by atoms with Gasteiger partial charge in [-0.2, -0.15) is 0 Å². The van der Waals surface area contributed by atoms with Gasteiger partial charge in [0, 0.05) is 0 Å². The van der Waals surface area contributed by atoms with Crippen LogP contribution in [0.25, 0.3) is 0 Å². The van der Waals surface area contributed by atoms with Gasteiger partial charge in [0.2, 0.25) is 0 Å². The molecule has 5 heteroatoms. The first-order valence-electron chi connectivity index (χ1n) is 5.43. The van der Waals surface area contributed by atoms with Gasteiger partial charge in [0.25, 0.3) is 0 Å². The largest absolute Gasteiger partial charge is 0.361 e. The van der Waals surface area contributed by atoms with E-state index in [4.69, 9.17) is 7.57 Å². The van der Waals surface area contributed by atoms with Crippen LogP contribution in [0.3, 0.4) is 0 Å². The molecular weight excluding hydrogens is 234 g/mol. The first kappa shape index (κ1) is 15.1. The van der Waals surface area contributed by atoms with Crippen LogP contribution in [0, 0.1) is 0 Å². The van der Waals surface area contributed by atoms with Gasteiger partial charge in [-0.1, -0.05) is 0 Å². The molecule has 0 aliphatic carbocycles. The quantitative estimate of drug-likeness (QED) is 0.515. The molecule has 0 nitrogen and oxygen atoms in total. The van der Waals surface area contributed by atoms with Crippen LogP contribution in [-0.4, -0.2) is 30.8 Å². The predicted molar refractivity (Wildman–Crippen MR) is 82.7 cm³/mol. The molecule has 0 spiro atoms. The fourth-order valence-corrected chi connectivity index (χ4v) is 81.5. The van der Waals surface area contributed by atoms with E-state index in [1.165, 1.54) is 0 Å². The SMILES string of the molecule is [B-][P+]([Si](C)(C)C)([Si](C)(C)C)[Si](C)(C)C. The van der Waals surface area contributed by atoms with E-state index in [9.17, 15) is 0 Å². The molecule has 0 aromatic carbocycles. The van der Waals surface area contributed by atoms with Crippen molar-refractivity contribution in [1.82, 2.24) is 0 Å². The number of hydrogen-bond acceptors (Lipinski definition) is 0. The lowest BCUT2D eigenvalue weighted by Gasteiger charge is -2.63. The zero-order valence-electron chi connectivity index (χ0n) is 11.5. The minimum absolute atomic E-state index is 1.10. The molecule has 0 atom stereocenters. The van der Waals surface area contributed by atoms with Crippen LogP contribution in [0.5, 0.6) is 0 Å². The predicted octanol–water partition coefficient (Wildman–Crippen LogP) is 4.59. The molecule has 0 aromatic heterocycles. The Kier molecular flexibility index (Phi) is 4.18. The molecule has 0 fully saturated rings. The second-order valence-corrected chi connectivity index (χ2v) is 44.2. The Morgan fingerprint density at radius 3 is 0.714 bits per heavy atom. The number of rotatable bonds is 3. The minimum Gasteiger partial charge on any atom is -0.361 e. The van der Waals surface area contributed by atoms with Crippen LogP contribution in [0.15, 0.2) is 0 Å². The topological polar surface area (TPSA) is 0 Å². The molecule has 0 saturated heterocycles. The third-order valence-electron chi connectivity index (χ3n) is 3.17. The third-order valence-corrected chi connectivity index (χ3v) is 64.8. The fraction of sp³-hybridized carbons (Fsp3) is 1.00.